The summed E-state index contributed by atoms with van der Waals surface area (Å²) in [5.41, 5.74) is -1.19. The molecule has 0 radical (unpaired) electrons. The smallest absolute Gasteiger partial charge is 0.246 e. The van der Waals surface area contributed by atoms with Gasteiger partial charge in [-0.25, -0.2) is 8.78 Å². The van der Waals surface area contributed by atoms with Gasteiger partial charge in [-0.05, 0) is 41.9 Å². The Morgan fingerprint density at radius 1 is 1.35 bits per heavy atom. The van der Waals surface area contributed by atoms with Crippen LogP contribution in [0.4, 0.5) is 8.78 Å². The first-order valence-electron chi connectivity index (χ1n) is 5.95. The van der Waals surface area contributed by atoms with E-state index in [0.29, 0.717) is 0 Å². The fraction of sp³-hybridized carbons (Fsp3) is 0.385. The lowest BCUT2D eigenvalue weighted by molar-refractivity contribution is -0.145. The Hall–Kier alpha value is -1.34. The molecule has 1 aromatic rings. The Labute approximate surface area is 123 Å². The van der Waals surface area contributed by atoms with Crippen molar-refractivity contribution < 1.29 is 18.4 Å². The van der Waals surface area contributed by atoms with Gasteiger partial charge < -0.3 is 0 Å². The summed E-state index contributed by atoms with van der Waals surface area (Å²) in [7, 11) is 0. The van der Waals surface area contributed by atoms with Crippen LogP contribution in [0.25, 0.3) is 0 Å². The number of benzene rings is 1. The minimum absolute atomic E-state index is 0.0931. The van der Waals surface area contributed by atoms with Crippen LogP contribution in [0.2, 0.25) is 0 Å². The molecule has 1 heterocycles. The van der Waals surface area contributed by atoms with E-state index in [9.17, 15) is 18.4 Å². The molecule has 0 spiro atoms. The molecule has 1 fully saturated rings. The molecule has 0 saturated carbocycles. The molecule has 20 heavy (non-hydrogen) atoms. The van der Waals surface area contributed by atoms with Crippen LogP contribution in [0.5, 0.6) is 0 Å². The van der Waals surface area contributed by atoms with Crippen molar-refractivity contribution in [3.05, 3.63) is 33.8 Å². The normalized spacial score (nSPS) is 19.1. The maximum absolute atomic E-state index is 14.0. The van der Waals surface area contributed by atoms with Gasteiger partial charge in [0.2, 0.25) is 11.8 Å². The van der Waals surface area contributed by atoms with E-state index in [1.165, 1.54) is 11.0 Å². The van der Waals surface area contributed by atoms with E-state index < -0.39 is 29.0 Å². The van der Waals surface area contributed by atoms with Crippen molar-refractivity contribution in [1.29, 1.82) is 0 Å². The number of imide groups is 1. The van der Waals surface area contributed by atoms with Gasteiger partial charge in [0.1, 0.15) is 11.6 Å². The molecule has 7 heteroatoms. The molecule has 1 aliphatic rings. The minimum Gasteiger partial charge on any atom is -0.294 e. The molecule has 1 saturated heterocycles. The van der Waals surface area contributed by atoms with Gasteiger partial charge >= 0.3 is 0 Å². The summed E-state index contributed by atoms with van der Waals surface area (Å²) in [6.45, 7) is 2.94. The van der Waals surface area contributed by atoms with E-state index in [1.54, 1.807) is 13.8 Å². The average Bonchev–Trinajstić information content (AvgIpc) is 2.36. The number of amides is 2. The molecule has 0 aliphatic carbocycles. The van der Waals surface area contributed by atoms with Crippen molar-refractivity contribution in [2.24, 2.45) is 0 Å². The number of carbonyl (C=O) groups excluding carboxylic acids is 2. The van der Waals surface area contributed by atoms with Crippen LogP contribution >= 0.6 is 15.9 Å². The molecule has 2 rings (SSSR count). The summed E-state index contributed by atoms with van der Waals surface area (Å²) in [4.78, 5) is 24.7. The number of rotatable bonds is 2. The lowest BCUT2D eigenvalue weighted by atomic mass is 9.97. The van der Waals surface area contributed by atoms with Crippen LogP contribution in [0.15, 0.2) is 16.6 Å². The van der Waals surface area contributed by atoms with Gasteiger partial charge in [0.15, 0.2) is 0 Å². The number of nitrogens with one attached hydrogen (secondary N) is 1. The van der Waals surface area contributed by atoms with Crippen LogP contribution in [-0.2, 0) is 16.1 Å². The summed E-state index contributed by atoms with van der Waals surface area (Å²) in [5.74, 6) is -2.39. The first-order chi connectivity index (χ1) is 9.23. The number of halogens is 3. The maximum Gasteiger partial charge on any atom is 0.246 e. The third-order valence-corrected chi connectivity index (χ3v) is 4.03. The summed E-state index contributed by atoms with van der Waals surface area (Å²) in [5, 5.41) is 2.21. The van der Waals surface area contributed by atoms with Crippen LogP contribution in [0.1, 0.15) is 19.4 Å². The van der Waals surface area contributed by atoms with E-state index >= 15 is 0 Å². The van der Waals surface area contributed by atoms with Crippen molar-refractivity contribution in [1.82, 2.24) is 10.2 Å². The summed E-state index contributed by atoms with van der Waals surface area (Å²) in [6.07, 6.45) is 0. The van der Waals surface area contributed by atoms with Crippen LogP contribution in [0.3, 0.4) is 0 Å². The molecule has 1 aliphatic heterocycles. The third-order valence-electron chi connectivity index (χ3n) is 3.42. The molecule has 2 amide bonds. The second-order valence-corrected chi connectivity index (χ2v) is 5.97. The monoisotopic (exact) mass is 346 g/mol. The summed E-state index contributed by atoms with van der Waals surface area (Å²) >= 11 is 2.99. The molecule has 1 N–H and O–H groups in total. The lowest BCUT2D eigenvalue weighted by Gasteiger charge is -2.40. The van der Waals surface area contributed by atoms with Crippen molar-refractivity contribution in [2.75, 3.05) is 6.54 Å². The Morgan fingerprint density at radius 3 is 2.65 bits per heavy atom. The fourth-order valence-corrected chi connectivity index (χ4v) is 2.36. The van der Waals surface area contributed by atoms with E-state index in [0.717, 1.165) is 6.07 Å². The van der Waals surface area contributed by atoms with Gasteiger partial charge in [-0.1, -0.05) is 0 Å². The van der Waals surface area contributed by atoms with E-state index in [1.807, 2.05) is 0 Å². The van der Waals surface area contributed by atoms with Crippen molar-refractivity contribution in [3.63, 3.8) is 0 Å². The predicted octanol–water partition coefficient (Wildman–Crippen LogP) is 1.96. The van der Waals surface area contributed by atoms with Gasteiger partial charge in [-0.3, -0.25) is 19.8 Å². The van der Waals surface area contributed by atoms with Crippen LogP contribution < -0.4 is 5.32 Å². The second kappa shape index (κ2) is 5.21. The number of carbonyl (C=O) groups is 2. The Morgan fingerprint density at radius 2 is 2.00 bits per heavy atom. The number of hydrogen-bond acceptors (Lipinski definition) is 3. The fourth-order valence-electron chi connectivity index (χ4n) is 1.99. The third kappa shape index (κ3) is 2.60. The van der Waals surface area contributed by atoms with Crippen LogP contribution in [0, 0.1) is 11.6 Å². The van der Waals surface area contributed by atoms with Crippen molar-refractivity contribution >= 4 is 27.7 Å². The average molecular weight is 347 g/mol. The van der Waals surface area contributed by atoms with Gasteiger partial charge in [-0.2, -0.15) is 0 Å². The molecular formula is C13H13BrF2N2O2. The molecule has 0 bridgehead atoms. The molecule has 0 unspecified atom stereocenters. The van der Waals surface area contributed by atoms with Gasteiger partial charge in [0, 0.05) is 12.1 Å². The number of hydrogen-bond donors (Lipinski definition) is 1. The molecule has 1 aromatic carbocycles. The first kappa shape index (κ1) is 15.1. The quantitative estimate of drug-likeness (QED) is 0.657. The molecule has 4 nitrogen and oxygen atoms in total. The van der Waals surface area contributed by atoms with Gasteiger partial charge in [-0.15, -0.1) is 0 Å². The highest BCUT2D eigenvalue weighted by molar-refractivity contribution is 9.10. The lowest BCUT2D eigenvalue weighted by Crippen LogP contribution is -2.63. The van der Waals surface area contributed by atoms with E-state index in [-0.39, 0.29) is 23.1 Å². The van der Waals surface area contributed by atoms with Crippen LogP contribution in [-0.4, -0.2) is 28.8 Å². The highest BCUT2D eigenvalue weighted by Crippen LogP contribution is 2.26. The van der Waals surface area contributed by atoms with E-state index in [4.69, 9.17) is 0 Å². The first-order valence-corrected chi connectivity index (χ1v) is 6.74. The highest BCUT2D eigenvalue weighted by Gasteiger charge is 2.41. The number of nitrogens with zero attached hydrogens (tertiary/aromatic N) is 1. The van der Waals surface area contributed by atoms with E-state index in [2.05, 4.69) is 21.2 Å². The van der Waals surface area contributed by atoms with Gasteiger partial charge in [0.25, 0.3) is 0 Å². The zero-order valence-corrected chi connectivity index (χ0v) is 12.6. The maximum atomic E-state index is 14.0. The summed E-state index contributed by atoms with van der Waals surface area (Å²) in [6, 6.07) is 2.41. The molecule has 108 valence electrons. The number of piperazine rings is 1. The van der Waals surface area contributed by atoms with Crippen molar-refractivity contribution in [2.45, 2.75) is 25.9 Å². The minimum atomic E-state index is -1.02. The zero-order chi connectivity index (χ0) is 15.1. The van der Waals surface area contributed by atoms with Crippen molar-refractivity contribution in [3.8, 4) is 0 Å². The Bertz CT molecular complexity index is 590. The van der Waals surface area contributed by atoms with Gasteiger partial charge in [0.05, 0.1) is 16.6 Å². The molecule has 0 aromatic heterocycles. The highest BCUT2D eigenvalue weighted by atomic mass is 79.9. The predicted molar refractivity (Wildman–Crippen MR) is 71.7 cm³/mol. The Balaban J connectivity index is 2.36. The zero-order valence-electron chi connectivity index (χ0n) is 11.0. The molecular weight excluding hydrogens is 334 g/mol. The topological polar surface area (TPSA) is 49.4 Å². The Kier molecular flexibility index (Phi) is 3.93. The largest absolute Gasteiger partial charge is 0.294 e. The molecule has 0 atom stereocenters. The standard InChI is InChI=1S/C13H13BrF2N2O2/c1-13(2)12(20)17-10(19)6-18(13)5-7-9(15)4-3-8(14)11(7)16/h3-4H,5-6H2,1-2H3,(H,17,19,20). The SMILES string of the molecule is CC1(C)C(=O)NC(=O)CN1Cc1c(F)ccc(Br)c1F. The second-order valence-electron chi connectivity index (χ2n) is 5.11. The summed E-state index contributed by atoms with van der Waals surface area (Å²) < 4.78 is 27.9.